The van der Waals surface area contributed by atoms with Gasteiger partial charge in [0.2, 0.25) is 10.0 Å². The molecule has 31 heavy (non-hydrogen) atoms. The molecule has 0 unspecified atom stereocenters. The van der Waals surface area contributed by atoms with Crippen molar-refractivity contribution in [2.24, 2.45) is 0 Å². The summed E-state index contributed by atoms with van der Waals surface area (Å²) in [4.78, 5) is 24.3. The number of nitrogens with one attached hydrogen (secondary N) is 1. The van der Waals surface area contributed by atoms with Crippen LogP contribution in [-0.4, -0.2) is 57.5 Å². The van der Waals surface area contributed by atoms with Gasteiger partial charge < -0.3 is 14.8 Å². The van der Waals surface area contributed by atoms with E-state index >= 15 is 0 Å². The number of halogens is 1. The second-order valence-electron chi connectivity index (χ2n) is 7.09. The summed E-state index contributed by atoms with van der Waals surface area (Å²) >= 11 is 6.11. The molecule has 0 spiro atoms. The van der Waals surface area contributed by atoms with Gasteiger partial charge in [0.05, 0.1) is 23.8 Å². The van der Waals surface area contributed by atoms with Crippen molar-refractivity contribution in [2.45, 2.75) is 18.7 Å². The first-order chi connectivity index (χ1) is 14.7. The molecule has 0 saturated carbocycles. The van der Waals surface area contributed by atoms with Gasteiger partial charge in [-0.3, -0.25) is 4.79 Å². The lowest BCUT2D eigenvalue weighted by molar-refractivity contribution is -0.119. The zero-order valence-corrected chi connectivity index (χ0v) is 18.8. The first-order valence-electron chi connectivity index (χ1n) is 9.60. The molecule has 3 rings (SSSR count). The Hall–Kier alpha value is -2.46. The molecule has 2 aromatic carbocycles. The standard InChI is InChI=1S/C21H23ClN2O6S/c1-14-3-4-16(11-15(14)2)21(26)30-13-20(25)23-17-5-6-18(22)19(12-17)31(27,28)24-7-9-29-10-8-24/h3-6,11-12H,7-10,13H2,1-2H3,(H,23,25). The Labute approximate surface area is 186 Å². The third-order valence-electron chi connectivity index (χ3n) is 4.88. The van der Waals surface area contributed by atoms with Crippen LogP contribution in [-0.2, 0) is 24.3 Å². The second kappa shape index (κ2) is 9.78. The molecule has 2 aromatic rings. The molecule has 0 aromatic heterocycles. The fourth-order valence-electron chi connectivity index (χ4n) is 2.98. The highest BCUT2D eigenvalue weighted by atomic mass is 35.5. The van der Waals surface area contributed by atoms with E-state index in [9.17, 15) is 18.0 Å². The zero-order valence-electron chi connectivity index (χ0n) is 17.2. The topological polar surface area (TPSA) is 102 Å². The summed E-state index contributed by atoms with van der Waals surface area (Å²) in [6, 6.07) is 9.28. The van der Waals surface area contributed by atoms with Crippen molar-refractivity contribution in [1.82, 2.24) is 4.31 Å². The van der Waals surface area contributed by atoms with Crippen molar-refractivity contribution >= 4 is 39.2 Å². The van der Waals surface area contributed by atoms with E-state index in [0.717, 1.165) is 11.1 Å². The largest absolute Gasteiger partial charge is 0.452 e. The van der Waals surface area contributed by atoms with Crippen LogP contribution in [0, 0.1) is 13.8 Å². The molecule has 1 aliphatic heterocycles. The zero-order chi connectivity index (χ0) is 22.6. The van der Waals surface area contributed by atoms with E-state index in [1.165, 1.54) is 22.5 Å². The maximum Gasteiger partial charge on any atom is 0.338 e. The Morgan fingerprint density at radius 2 is 1.81 bits per heavy atom. The van der Waals surface area contributed by atoms with E-state index in [0.29, 0.717) is 18.8 Å². The van der Waals surface area contributed by atoms with Gasteiger partial charge in [-0.05, 0) is 55.3 Å². The quantitative estimate of drug-likeness (QED) is 0.657. The summed E-state index contributed by atoms with van der Waals surface area (Å²) in [5, 5.41) is 2.58. The molecule has 1 aliphatic rings. The molecule has 0 bridgehead atoms. The number of hydrogen-bond acceptors (Lipinski definition) is 6. The minimum atomic E-state index is -3.84. The number of morpholine rings is 1. The molecule has 1 heterocycles. The number of nitrogens with zero attached hydrogens (tertiary/aromatic N) is 1. The highest BCUT2D eigenvalue weighted by molar-refractivity contribution is 7.89. The van der Waals surface area contributed by atoms with Crippen LogP contribution in [0.15, 0.2) is 41.3 Å². The number of carbonyl (C=O) groups is 2. The van der Waals surface area contributed by atoms with Gasteiger partial charge in [-0.15, -0.1) is 0 Å². The van der Waals surface area contributed by atoms with Crippen LogP contribution in [0.3, 0.4) is 0 Å². The van der Waals surface area contributed by atoms with Crippen molar-refractivity contribution in [3.63, 3.8) is 0 Å². The summed E-state index contributed by atoms with van der Waals surface area (Å²) in [5.74, 6) is -1.22. The van der Waals surface area contributed by atoms with Crippen LogP contribution in [0.25, 0.3) is 0 Å². The normalized spacial score (nSPS) is 14.8. The number of carbonyl (C=O) groups excluding carboxylic acids is 2. The van der Waals surface area contributed by atoms with Gasteiger partial charge >= 0.3 is 5.97 Å². The van der Waals surface area contributed by atoms with E-state index < -0.39 is 28.5 Å². The van der Waals surface area contributed by atoms with Crippen LogP contribution >= 0.6 is 11.6 Å². The molecule has 1 N–H and O–H groups in total. The number of rotatable bonds is 6. The van der Waals surface area contributed by atoms with Gasteiger partial charge in [0.15, 0.2) is 6.61 Å². The molecule has 8 nitrogen and oxygen atoms in total. The fourth-order valence-corrected chi connectivity index (χ4v) is 4.89. The number of anilines is 1. The predicted molar refractivity (Wildman–Crippen MR) is 116 cm³/mol. The Morgan fingerprint density at radius 1 is 1.10 bits per heavy atom. The maximum atomic E-state index is 12.9. The molecule has 0 aliphatic carbocycles. The van der Waals surface area contributed by atoms with Crippen molar-refractivity contribution in [2.75, 3.05) is 38.2 Å². The van der Waals surface area contributed by atoms with E-state index in [2.05, 4.69) is 5.32 Å². The third-order valence-corrected chi connectivity index (χ3v) is 7.26. The number of esters is 1. The molecule has 1 amide bonds. The van der Waals surface area contributed by atoms with Gasteiger partial charge in [0.25, 0.3) is 5.91 Å². The average molecular weight is 467 g/mol. The van der Waals surface area contributed by atoms with Crippen LogP contribution in [0.4, 0.5) is 5.69 Å². The second-order valence-corrected chi connectivity index (χ2v) is 9.40. The molecule has 1 fully saturated rings. The first kappa shape index (κ1) is 23.2. The Bertz CT molecular complexity index is 1100. The Balaban J connectivity index is 1.65. The van der Waals surface area contributed by atoms with E-state index in [1.807, 2.05) is 13.8 Å². The van der Waals surface area contributed by atoms with Crippen molar-refractivity contribution in [1.29, 1.82) is 0 Å². The van der Waals surface area contributed by atoms with Crippen molar-refractivity contribution < 1.29 is 27.5 Å². The van der Waals surface area contributed by atoms with Gasteiger partial charge in [0.1, 0.15) is 4.90 Å². The Kier molecular flexibility index (Phi) is 7.32. The van der Waals surface area contributed by atoms with Crippen molar-refractivity contribution in [3.05, 3.63) is 58.1 Å². The number of hydrogen-bond donors (Lipinski definition) is 1. The van der Waals surface area contributed by atoms with Crippen LogP contribution in [0.1, 0.15) is 21.5 Å². The number of amides is 1. The third kappa shape index (κ3) is 5.62. The van der Waals surface area contributed by atoms with Gasteiger partial charge in [-0.1, -0.05) is 17.7 Å². The van der Waals surface area contributed by atoms with Crippen LogP contribution in [0.2, 0.25) is 5.02 Å². The van der Waals surface area contributed by atoms with Crippen LogP contribution < -0.4 is 5.32 Å². The molecule has 0 atom stereocenters. The average Bonchev–Trinajstić information content (AvgIpc) is 2.75. The molecule has 10 heteroatoms. The van der Waals surface area contributed by atoms with E-state index in [4.69, 9.17) is 21.1 Å². The lowest BCUT2D eigenvalue weighted by Crippen LogP contribution is -2.40. The summed E-state index contributed by atoms with van der Waals surface area (Å²) in [6.45, 7) is 4.35. The fraction of sp³-hybridized carbons (Fsp3) is 0.333. The summed E-state index contributed by atoms with van der Waals surface area (Å²) in [6.07, 6.45) is 0. The molecule has 0 radical (unpaired) electrons. The number of ether oxygens (including phenoxy) is 2. The Morgan fingerprint density at radius 3 is 2.48 bits per heavy atom. The summed E-state index contributed by atoms with van der Waals surface area (Å²) in [5.41, 5.74) is 2.55. The lowest BCUT2D eigenvalue weighted by Gasteiger charge is -2.26. The van der Waals surface area contributed by atoms with Gasteiger partial charge in [-0.25, -0.2) is 13.2 Å². The predicted octanol–water partition coefficient (Wildman–Crippen LogP) is 2.77. The van der Waals surface area contributed by atoms with Crippen molar-refractivity contribution in [3.8, 4) is 0 Å². The molecule has 1 saturated heterocycles. The monoisotopic (exact) mass is 466 g/mol. The highest BCUT2D eigenvalue weighted by Gasteiger charge is 2.28. The minimum Gasteiger partial charge on any atom is -0.452 e. The smallest absolute Gasteiger partial charge is 0.338 e. The summed E-state index contributed by atoms with van der Waals surface area (Å²) < 4.78 is 37.3. The first-order valence-corrected chi connectivity index (χ1v) is 11.4. The molecular formula is C21H23ClN2O6S. The molecular weight excluding hydrogens is 444 g/mol. The van der Waals surface area contributed by atoms with Gasteiger partial charge in [-0.2, -0.15) is 4.31 Å². The summed E-state index contributed by atoms with van der Waals surface area (Å²) in [7, 11) is -3.84. The number of benzene rings is 2. The van der Waals surface area contributed by atoms with E-state index in [-0.39, 0.29) is 28.7 Å². The maximum absolute atomic E-state index is 12.9. The SMILES string of the molecule is Cc1ccc(C(=O)OCC(=O)Nc2ccc(Cl)c(S(=O)(=O)N3CCOCC3)c2)cc1C. The van der Waals surface area contributed by atoms with Crippen LogP contribution in [0.5, 0.6) is 0 Å². The van der Waals surface area contributed by atoms with Gasteiger partial charge in [0, 0.05) is 18.8 Å². The lowest BCUT2D eigenvalue weighted by atomic mass is 10.1. The minimum absolute atomic E-state index is 0.0469. The number of aryl methyl sites for hydroxylation is 2. The van der Waals surface area contributed by atoms with E-state index in [1.54, 1.807) is 18.2 Å². The number of sulfonamides is 1. The highest BCUT2D eigenvalue weighted by Crippen LogP contribution is 2.28. The molecule has 166 valence electrons.